The van der Waals surface area contributed by atoms with Gasteiger partial charge in [0.05, 0.1) is 25.9 Å². The van der Waals surface area contributed by atoms with E-state index in [9.17, 15) is 87.2 Å². The number of aliphatic hydroxyl groups excluding tert-OH is 1. The number of primary amides is 1. The number of carboxylic acid groups (broad SMARTS) is 1. The Bertz CT molecular complexity index is 3350. The lowest BCUT2D eigenvalue weighted by Crippen LogP contribution is -2.61. The van der Waals surface area contributed by atoms with E-state index in [1.54, 1.807) is 30.3 Å². The van der Waals surface area contributed by atoms with Crippen molar-refractivity contribution in [3.63, 3.8) is 0 Å². The number of nitrogens with two attached hydrogens (primary N) is 3. The number of aromatic amines is 1. The molecule has 534 valence electrons. The maximum absolute atomic E-state index is 14.5. The molecule has 0 aliphatic carbocycles. The van der Waals surface area contributed by atoms with Gasteiger partial charge in [-0.2, -0.15) is 0 Å². The number of carbonyl (C=O) groups is 15. The fraction of sp³-hybridized carbons (Fsp3) is 0.475. The van der Waals surface area contributed by atoms with E-state index < -0.39 is 187 Å². The van der Waals surface area contributed by atoms with Gasteiger partial charge in [0.2, 0.25) is 82.7 Å². The molecule has 14 amide bonds. The molecule has 2 aromatic carbocycles. The second kappa shape index (κ2) is 40.1. The van der Waals surface area contributed by atoms with Gasteiger partial charge in [0.25, 0.3) is 0 Å². The molecule has 0 radical (unpaired) electrons. The number of phenols is 1. The molecule has 1 saturated heterocycles. The van der Waals surface area contributed by atoms with Crippen LogP contribution in [0.2, 0.25) is 0 Å². The fourth-order valence-electron chi connectivity index (χ4n) is 8.95. The topological polar surface area (TPSA) is 592 Å². The predicted molar refractivity (Wildman–Crippen MR) is 352 cm³/mol. The van der Waals surface area contributed by atoms with Crippen molar-refractivity contribution in [2.75, 3.05) is 31.2 Å². The van der Waals surface area contributed by atoms with E-state index in [2.05, 4.69) is 84.1 Å². The first-order valence-electron chi connectivity index (χ1n) is 30.4. The summed E-state index contributed by atoms with van der Waals surface area (Å²) in [5, 5.41) is 61.3. The van der Waals surface area contributed by atoms with Crippen molar-refractivity contribution < 1.29 is 87.2 Å². The second-order valence-electron chi connectivity index (χ2n) is 22.4. The molecule has 12 atom stereocenters. The molecule has 0 saturated carbocycles. The molecule has 0 unspecified atom stereocenters. The van der Waals surface area contributed by atoms with Crippen LogP contribution in [-0.4, -0.2) is 224 Å². The number of phenolic OH excluding ortho intramolecular Hbond substituents is 1. The molecule has 37 nitrogen and oxygen atoms in total. The third-order valence-corrected chi connectivity index (χ3v) is 16.7. The summed E-state index contributed by atoms with van der Waals surface area (Å²) in [6.45, 7) is 3.96. The zero-order chi connectivity index (χ0) is 72.8. The molecule has 1 fully saturated rings. The average molecular weight is 1410 g/mol. The average Bonchev–Trinajstić information content (AvgIpc) is 1.08. The van der Waals surface area contributed by atoms with Gasteiger partial charge in [0.15, 0.2) is 5.96 Å². The zero-order valence-electron chi connectivity index (χ0n) is 54.0. The first-order chi connectivity index (χ1) is 46.3. The Morgan fingerprint density at radius 3 is 1.58 bits per heavy atom. The molecular formula is C59H83N19O18S2. The number of amides is 14. The van der Waals surface area contributed by atoms with E-state index in [-0.39, 0.29) is 61.1 Å². The van der Waals surface area contributed by atoms with Gasteiger partial charge in [-0.1, -0.05) is 64.1 Å². The van der Waals surface area contributed by atoms with Gasteiger partial charge >= 0.3 is 5.97 Å². The van der Waals surface area contributed by atoms with Crippen molar-refractivity contribution in [3.8, 4) is 5.75 Å². The highest BCUT2D eigenvalue weighted by Gasteiger charge is 2.36. The summed E-state index contributed by atoms with van der Waals surface area (Å²) in [6.07, 6.45) is 0.205. The highest BCUT2D eigenvalue weighted by Crippen LogP contribution is 2.23. The van der Waals surface area contributed by atoms with Crippen LogP contribution in [0, 0.1) is 0 Å². The van der Waals surface area contributed by atoms with Crippen molar-refractivity contribution in [1.29, 1.82) is 0 Å². The van der Waals surface area contributed by atoms with Crippen LogP contribution in [0.15, 0.2) is 72.1 Å². The number of aliphatic hydroxyl groups is 1. The summed E-state index contributed by atoms with van der Waals surface area (Å²) < 4.78 is 0. The number of H-pyrrole nitrogens is 1. The highest BCUT2D eigenvalue weighted by atomic mass is 33.1. The summed E-state index contributed by atoms with van der Waals surface area (Å²) in [7, 11) is 1.91. The summed E-state index contributed by atoms with van der Waals surface area (Å²) in [6, 6.07) is -4.92. The van der Waals surface area contributed by atoms with Crippen molar-refractivity contribution >= 4 is 116 Å². The minimum Gasteiger partial charge on any atom is -0.508 e. The number of aliphatic imine (C=N–C) groups is 1. The monoisotopic (exact) mass is 1410 g/mol. The number of nitrogens with zero attached hydrogens (tertiary/aromatic N) is 2. The maximum Gasteiger partial charge on any atom is 0.305 e. The van der Waals surface area contributed by atoms with Crippen LogP contribution in [0.3, 0.4) is 0 Å². The van der Waals surface area contributed by atoms with Crippen LogP contribution in [0.1, 0.15) is 70.7 Å². The number of guanidine groups is 1. The van der Waals surface area contributed by atoms with Crippen LogP contribution < -0.4 is 86.3 Å². The number of aromatic nitrogens is 2. The molecule has 98 heavy (non-hydrogen) atoms. The van der Waals surface area contributed by atoms with Gasteiger partial charge in [-0.25, -0.2) is 4.98 Å². The summed E-state index contributed by atoms with van der Waals surface area (Å²) in [5.41, 5.74) is 17.8. The van der Waals surface area contributed by atoms with E-state index >= 15 is 0 Å². The Morgan fingerprint density at radius 1 is 0.561 bits per heavy atom. The van der Waals surface area contributed by atoms with Crippen molar-refractivity contribution in [2.45, 2.75) is 146 Å². The smallest absolute Gasteiger partial charge is 0.305 e. The molecule has 39 heteroatoms. The third kappa shape index (κ3) is 28.0. The number of hydrogen-bond acceptors (Lipinski definition) is 21. The molecule has 4 rings (SSSR count). The third-order valence-electron chi connectivity index (χ3n) is 14.3. The largest absolute Gasteiger partial charge is 0.508 e. The summed E-state index contributed by atoms with van der Waals surface area (Å²) in [4.78, 5) is 214. The number of carboxylic acids is 1. The minimum atomic E-state index is -2.05. The highest BCUT2D eigenvalue weighted by molar-refractivity contribution is 8.76. The SMILES string of the molecule is CC(=O)N[C@H]1CSSC[C@@H](C(N)=O)NC(=O)[C@H](C)NC(=O)[C@H](C)NC(=O)[C@H](Cc2ccc(O)cc2)NC(=O)CNC(=O)[C@H](CO)NC(=O)[C@H](CC(=O)O)NC(=O)[C@H](Cc2cnc[nH]2)NC(=O)[C@H](CCCN=C(N)N)NC(=O)[C@H](Cc2ccccc2)NC(=O)[C@H](C)NC(=O)[C@H](C)NC1=O. The quantitative estimate of drug-likeness (QED) is 0.0291. The number of rotatable bonds is 15. The number of benzene rings is 2. The maximum atomic E-state index is 14.5. The van der Waals surface area contributed by atoms with Gasteiger partial charge < -0.3 is 107 Å². The van der Waals surface area contributed by atoms with Gasteiger partial charge in [0, 0.05) is 56.1 Å². The molecule has 0 spiro atoms. The number of imidazole rings is 1. The Balaban J connectivity index is 1.72. The first-order valence-corrected chi connectivity index (χ1v) is 32.9. The molecule has 1 aliphatic rings. The second-order valence-corrected chi connectivity index (χ2v) is 25.0. The van der Waals surface area contributed by atoms with E-state index in [4.69, 9.17) is 17.2 Å². The lowest BCUT2D eigenvalue weighted by atomic mass is 10.0. The van der Waals surface area contributed by atoms with Gasteiger partial charge in [0.1, 0.15) is 78.3 Å². The van der Waals surface area contributed by atoms with Gasteiger partial charge in [-0.05, 0) is 63.8 Å². The van der Waals surface area contributed by atoms with Crippen LogP contribution in [-0.2, 0) is 91.2 Å². The van der Waals surface area contributed by atoms with E-state index in [1.807, 2.05) is 0 Å². The molecule has 23 N–H and O–H groups in total. The Hall–Kier alpha value is -10.6. The number of nitrogens with one attached hydrogen (secondary N) is 14. The minimum absolute atomic E-state index is 0.00662. The Labute approximate surface area is 569 Å². The number of carbonyl (C=O) groups excluding carboxylic acids is 14. The fourth-order valence-corrected chi connectivity index (χ4v) is 11.3. The molecule has 1 aromatic heterocycles. The summed E-state index contributed by atoms with van der Waals surface area (Å²) in [5.74, 6) is -16.5. The van der Waals surface area contributed by atoms with E-state index in [1.165, 1.54) is 64.5 Å². The molecule has 0 bridgehead atoms. The molecular weight excluding hydrogens is 1330 g/mol. The van der Waals surface area contributed by atoms with Gasteiger partial charge in [-0.3, -0.25) is 76.9 Å². The molecule has 2 heterocycles. The summed E-state index contributed by atoms with van der Waals surface area (Å²) >= 11 is 0. The molecule has 3 aromatic rings. The standard InChI is InChI=1S/C59H83N19O18S2/c1-28-48(86)68-31(4)51(89)78-43(47(60)85)25-97-98-26-44(71-32(5)80)58(96)70-29(2)49(87)67-30(3)50(88)74-39(18-33-10-7-6-8-11-33)55(93)73-37(12-9-17-64-59(61)62)53(91)75-40(20-35-22-63-27-66-35)56(94)76-41(21-46(83)84)57(95)77-42(24-79)52(90)65-23-45(82)72-38(54(92)69-28)19-34-13-15-36(81)16-14-34/h6-8,10-11,13-16,22,27-31,37-44,79,81H,9,12,17-21,23-26H2,1-5H3,(H2,60,85)(H,63,66)(H,65,90)(H,67,87)(H,68,86)(H,69,92)(H,70,96)(H,71,80)(H,72,82)(H,73,93)(H,74,88)(H,75,91)(H,76,94)(H,77,95)(H,78,89)(H,83,84)(H4,61,62,64)/t28-,29-,30-,31-,37-,38-,39-,40-,41-,42-,43-,44-/m0/s1. The van der Waals surface area contributed by atoms with Crippen LogP contribution in [0.4, 0.5) is 0 Å². The van der Waals surface area contributed by atoms with Crippen molar-refractivity contribution in [3.05, 3.63) is 83.9 Å². The normalized spacial score (nSPS) is 25.1. The van der Waals surface area contributed by atoms with Crippen molar-refractivity contribution in [2.24, 2.45) is 22.2 Å². The van der Waals surface area contributed by atoms with Crippen LogP contribution >= 0.6 is 21.6 Å². The molecule has 1 aliphatic heterocycles. The Morgan fingerprint density at radius 2 is 1.03 bits per heavy atom. The lowest BCUT2D eigenvalue weighted by molar-refractivity contribution is -0.141. The van der Waals surface area contributed by atoms with E-state index in [0.717, 1.165) is 28.5 Å². The predicted octanol–water partition coefficient (Wildman–Crippen LogP) is -7.42. The number of aliphatic carboxylic acids is 1. The zero-order valence-corrected chi connectivity index (χ0v) is 55.6. The van der Waals surface area contributed by atoms with E-state index in [0.29, 0.717) is 11.1 Å². The Kier molecular flexibility index (Phi) is 32.7. The van der Waals surface area contributed by atoms with Gasteiger partial charge in [-0.15, -0.1) is 0 Å². The first kappa shape index (κ1) is 79.9. The van der Waals surface area contributed by atoms with Crippen LogP contribution in [0.5, 0.6) is 5.75 Å². The van der Waals surface area contributed by atoms with Crippen molar-refractivity contribution in [1.82, 2.24) is 79.1 Å². The number of hydrogen-bond donors (Lipinski definition) is 20. The lowest BCUT2D eigenvalue weighted by Gasteiger charge is -2.27. The van der Waals surface area contributed by atoms with Crippen LogP contribution in [0.25, 0.3) is 0 Å². The number of aromatic hydroxyl groups is 1.